The molecule has 2 unspecified atom stereocenters. The third-order valence-electron chi connectivity index (χ3n) is 3.81. The number of likely N-dealkylation sites (tertiary alicyclic amines) is 1. The molecule has 1 fully saturated rings. The molecular formula is C16H23NO3. The van der Waals surface area contributed by atoms with Gasteiger partial charge in [0.15, 0.2) is 0 Å². The Bertz CT molecular complexity index is 421. The highest BCUT2D eigenvalue weighted by Gasteiger charge is 2.24. The van der Waals surface area contributed by atoms with E-state index in [1.54, 1.807) is 4.90 Å². The van der Waals surface area contributed by atoms with Crippen LogP contribution in [0, 0.1) is 5.92 Å². The van der Waals surface area contributed by atoms with Gasteiger partial charge in [0.2, 0.25) is 0 Å². The SMILES string of the molecule is CC1CN(C(=O)OCc2ccccc2)CCCCC1O. The van der Waals surface area contributed by atoms with Gasteiger partial charge in [-0.1, -0.05) is 37.3 Å². The molecule has 1 aromatic rings. The number of rotatable bonds is 2. The van der Waals surface area contributed by atoms with Gasteiger partial charge in [0.05, 0.1) is 6.10 Å². The zero-order valence-corrected chi connectivity index (χ0v) is 12.0. The number of benzene rings is 1. The molecule has 0 bridgehead atoms. The first-order chi connectivity index (χ1) is 9.66. The monoisotopic (exact) mass is 277 g/mol. The lowest BCUT2D eigenvalue weighted by Gasteiger charge is -2.30. The Morgan fingerprint density at radius 1 is 1.35 bits per heavy atom. The van der Waals surface area contributed by atoms with Gasteiger partial charge in [-0.05, 0) is 30.7 Å². The van der Waals surface area contributed by atoms with E-state index in [1.807, 2.05) is 37.3 Å². The second-order valence-corrected chi connectivity index (χ2v) is 5.53. The molecule has 4 heteroatoms. The lowest BCUT2D eigenvalue weighted by atomic mass is 9.97. The molecule has 1 N–H and O–H groups in total. The summed E-state index contributed by atoms with van der Waals surface area (Å²) in [5, 5.41) is 9.91. The van der Waals surface area contributed by atoms with Gasteiger partial charge in [0.1, 0.15) is 6.61 Å². The fourth-order valence-corrected chi connectivity index (χ4v) is 2.48. The number of amides is 1. The molecule has 1 saturated heterocycles. The largest absolute Gasteiger partial charge is 0.445 e. The molecule has 1 aliphatic heterocycles. The van der Waals surface area contributed by atoms with Crippen LogP contribution < -0.4 is 0 Å². The second kappa shape index (κ2) is 7.29. The van der Waals surface area contributed by atoms with Crippen LogP contribution in [0.15, 0.2) is 30.3 Å². The summed E-state index contributed by atoms with van der Waals surface area (Å²) in [5.74, 6) is 0.0968. The molecule has 2 atom stereocenters. The maximum Gasteiger partial charge on any atom is 0.410 e. The first kappa shape index (κ1) is 14.9. The molecule has 110 valence electrons. The molecule has 0 aliphatic carbocycles. The minimum absolute atomic E-state index is 0.0968. The van der Waals surface area contributed by atoms with Crippen LogP contribution in [0.1, 0.15) is 31.7 Å². The van der Waals surface area contributed by atoms with Crippen molar-refractivity contribution in [3.8, 4) is 0 Å². The summed E-state index contributed by atoms with van der Waals surface area (Å²) in [6, 6.07) is 9.67. The Balaban J connectivity index is 1.87. The minimum atomic E-state index is -0.320. The smallest absolute Gasteiger partial charge is 0.410 e. The highest BCUT2D eigenvalue weighted by Crippen LogP contribution is 2.17. The van der Waals surface area contributed by atoms with E-state index in [4.69, 9.17) is 4.74 Å². The van der Waals surface area contributed by atoms with Crippen molar-refractivity contribution in [2.24, 2.45) is 5.92 Å². The zero-order valence-electron chi connectivity index (χ0n) is 12.0. The first-order valence-electron chi connectivity index (χ1n) is 7.30. The van der Waals surface area contributed by atoms with Crippen LogP contribution in [-0.2, 0) is 11.3 Å². The lowest BCUT2D eigenvalue weighted by Crippen LogP contribution is -2.40. The molecule has 0 aromatic heterocycles. The molecule has 4 nitrogen and oxygen atoms in total. The van der Waals surface area contributed by atoms with Crippen molar-refractivity contribution in [3.63, 3.8) is 0 Å². The van der Waals surface area contributed by atoms with Crippen molar-refractivity contribution in [2.45, 2.75) is 38.9 Å². The molecule has 2 rings (SSSR count). The van der Waals surface area contributed by atoms with Gasteiger partial charge in [0.25, 0.3) is 0 Å². The van der Waals surface area contributed by atoms with Crippen LogP contribution >= 0.6 is 0 Å². The van der Waals surface area contributed by atoms with Crippen molar-refractivity contribution >= 4 is 6.09 Å². The standard InChI is InChI=1S/C16H23NO3/c1-13-11-17(10-6-5-9-15(13)18)16(19)20-12-14-7-3-2-4-8-14/h2-4,7-8,13,15,18H,5-6,9-12H2,1H3. The van der Waals surface area contributed by atoms with Crippen LogP contribution in [0.2, 0.25) is 0 Å². The number of carbonyl (C=O) groups is 1. The fraction of sp³-hybridized carbons (Fsp3) is 0.562. The quantitative estimate of drug-likeness (QED) is 0.904. The van der Waals surface area contributed by atoms with Crippen LogP contribution in [0.3, 0.4) is 0 Å². The summed E-state index contributed by atoms with van der Waals surface area (Å²) in [7, 11) is 0. The van der Waals surface area contributed by atoms with E-state index < -0.39 is 0 Å². The van der Waals surface area contributed by atoms with Crippen molar-refractivity contribution in [1.82, 2.24) is 4.90 Å². The highest BCUT2D eigenvalue weighted by molar-refractivity contribution is 5.67. The van der Waals surface area contributed by atoms with Crippen molar-refractivity contribution in [2.75, 3.05) is 13.1 Å². The maximum atomic E-state index is 12.1. The van der Waals surface area contributed by atoms with Gasteiger partial charge in [-0.25, -0.2) is 4.79 Å². The Morgan fingerprint density at radius 2 is 2.10 bits per heavy atom. The predicted molar refractivity (Wildman–Crippen MR) is 77.2 cm³/mol. The summed E-state index contributed by atoms with van der Waals surface area (Å²) in [6.07, 6.45) is 2.10. The lowest BCUT2D eigenvalue weighted by molar-refractivity contribution is 0.0498. The fourth-order valence-electron chi connectivity index (χ4n) is 2.48. The van der Waals surface area contributed by atoms with Gasteiger partial charge >= 0.3 is 6.09 Å². The summed E-state index contributed by atoms with van der Waals surface area (Å²) in [5.41, 5.74) is 0.987. The topological polar surface area (TPSA) is 49.8 Å². The Kier molecular flexibility index (Phi) is 5.41. The molecule has 1 heterocycles. The highest BCUT2D eigenvalue weighted by atomic mass is 16.6. The Hall–Kier alpha value is -1.55. The van der Waals surface area contributed by atoms with Gasteiger partial charge in [-0.15, -0.1) is 0 Å². The maximum absolute atomic E-state index is 12.1. The van der Waals surface area contributed by atoms with Crippen LogP contribution in [0.4, 0.5) is 4.79 Å². The number of aliphatic hydroxyl groups is 1. The van der Waals surface area contributed by atoms with Crippen LogP contribution in [0.25, 0.3) is 0 Å². The number of nitrogens with zero attached hydrogens (tertiary/aromatic N) is 1. The third-order valence-corrected chi connectivity index (χ3v) is 3.81. The van der Waals surface area contributed by atoms with Gasteiger partial charge in [-0.2, -0.15) is 0 Å². The molecule has 20 heavy (non-hydrogen) atoms. The van der Waals surface area contributed by atoms with Crippen molar-refractivity contribution in [1.29, 1.82) is 0 Å². The predicted octanol–water partition coefficient (Wildman–Crippen LogP) is 2.81. The first-order valence-corrected chi connectivity index (χ1v) is 7.30. The molecule has 0 saturated carbocycles. The zero-order chi connectivity index (χ0) is 14.4. The Labute approximate surface area is 120 Å². The van der Waals surface area contributed by atoms with E-state index in [2.05, 4.69) is 0 Å². The number of ether oxygens (including phenoxy) is 1. The second-order valence-electron chi connectivity index (χ2n) is 5.53. The molecule has 0 spiro atoms. The van der Waals surface area contributed by atoms with Gasteiger partial charge < -0.3 is 14.7 Å². The van der Waals surface area contributed by atoms with E-state index in [-0.39, 0.29) is 18.1 Å². The van der Waals surface area contributed by atoms with E-state index >= 15 is 0 Å². The summed E-state index contributed by atoms with van der Waals surface area (Å²) >= 11 is 0. The summed E-state index contributed by atoms with van der Waals surface area (Å²) in [4.78, 5) is 13.8. The molecule has 0 radical (unpaired) electrons. The Morgan fingerprint density at radius 3 is 2.85 bits per heavy atom. The number of carbonyl (C=O) groups excluding carboxylic acids is 1. The normalized spacial score (nSPS) is 23.8. The van der Waals surface area contributed by atoms with E-state index in [9.17, 15) is 9.90 Å². The molecular weight excluding hydrogens is 254 g/mol. The van der Waals surface area contributed by atoms with Gasteiger partial charge in [-0.3, -0.25) is 0 Å². The molecule has 1 amide bonds. The van der Waals surface area contributed by atoms with Crippen molar-refractivity contribution < 1.29 is 14.6 Å². The average molecular weight is 277 g/mol. The summed E-state index contributed by atoms with van der Waals surface area (Å²) in [6.45, 7) is 3.56. The summed E-state index contributed by atoms with van der Waals surface area (Å²) < 4.78 is 5.35. The number of aliphatic hydroxyl groups excluding tert-OH is 1. The van der Waals surface area contributed by atoms with Crippen LogP contribution in [-0.4, -0.2) is 35.3 Å². The van der Waals surface area contributed by atoms with E-state index in [0.717, 1.165) is 24.8 Å². The van der Waals surface area contributed by atoms with Gasteiger partial charge in [0, 0.05) is 13.1 Å². The minimum Gasteiger partial charge on any atom is -0.445 e. The number of hydrogen-bond acceptors (Lipinski definition) is 3. The molecule has 1 aliphatic rings. The van der Waals surface area contributed by atoms with E-state index in [0.29, 0.717) is 19.7 Å². The average Bonchev–Trinajstić information content (AvgIpc) is 2.46. The number of hydrogen-bond donors (Lipinski definition) is 1. The molecule has 1 aromatic carbocycles. The van der Waals surface area contributed by atoms with Crippen LogP contribution in [0.5, 0.6) is 0 Å². The third kappa shape index (κ3) is 4.23. The van der Waals surface area contributed by atoms with Crippen molar-refractivity contribution in [3.05, 3.63) is 35.9 Å². The van der Waals surface area contributed by atoms with E-state index in [1.165, 1.54) is 0 Å².